The Morgan fingerprint density at radius 3 is 1.97 bits per heavy atom. The van der Waals surface area contributed by atoms with Gasteiger partial charge in [-0.1, -0.05) is 98.8 Å². The second-order valence-corrected chi connectivity index (χ2v) is 8.79. The van der Waals surface area contributed by atoms with Crippen LogP contribution < -0.4 is 16.8 Å². The normalized spacial score (nSPS) is 13.5. The molecule has 35 heavy (non-hydrogen) atoms. The van der Waals surface area contributed by atoms with Crippen molar-refractivity contribution in [1.29, 1.82) is 0 Å². The molecule has 3 unspecified atom stereocenters. The third-order valence-corrected chi connectivity index (χ3v) is 5.70. The fourth-order valence-electron chi connectivity index (χ4n) is 4.17. The van der Waals surface area contributed by atoms with Crippen molar-refractivity contribution in [3.63, 3.8) is 0 Å². The largest absolute Gasteiger partial charge is 0.440 e. The summed E-state index contributed by atoms with van der Waals surface area (Å²) in [5, 5.41) is 2.80. The Morgan fingerprint density at radius 1 is 0.829 bits per heavy atom. The number of benzene rings is 3. The Balaban J connectivity index is 2.17. The van der Waals surface area contributed by atoms with Gasteiger partial charge < -0.3 is 21.5 Å². The van der Waals surface area contributed by atoms with E-state index in [1.54, 1.807) is 24.3 Å². The van der Waals surface area contributed by atoms with Crippen LogP contribution in [-0.4, -0.2) is 23.9 Å². The summed E-state index contributed by atoms with van der Waals surface area (Å²) in [4.78, 5) is 38.0. The Bertz CT molecular complexity index is 1150. The molecule has 0 fully saturated rings. The molecular weight excluding hydrogens is 442 g/mol. The van der Waals surface area contributed by atoms with Gasteiger partial charge in [0.25, 0.3) is 0 Å². The van der Waals surface area contributed by atoms with Gasteiger partial charge >= 0.3 is 6.09 Å². The number of carbonyl (C=O) groups is 3. The lowest BCUT2D eigenvalue weighted by molar-refractivity contribution is -0.130. The molecule has 3 rings (SSSR count). The predicted molar refractivity (Wildman–Crippen MR) is 135 cm³/mol. The molecule has 3 amide bonds. The molecular formula is C28H31N3O4. The van der Waals surface area contributed by atoms with Crippen molar-refractivity contribution in [2.75, 3.05) is 0 Å². The molecule has 7 nitrogen and oxygen atoms in total. The minimum Gasteiger partial charge on any atom is -0.440 e. The topological polar surface area (TPSA) is 125 Å². The summed E-state index contributed by atoms with van der Waals surface area (Å²) < 4.78 is 5.55. The maximum absolute atomic E-state index is 13.9. The summed E-state index contributed by atoms with van der Waals surface area (Å²) in [6.45, 7) is 3.88. The molecule has 3 aromatic rings. The van der Waals surface area contributed by atoms with Crippen molar-refractivity contribution >= 4 is 17.9 Å². The van der Waals surface area contributed by atoms with E-state index < -0.39 is 36.0 Å². The number of hydrogen-bond acceptors (Lipinski definition) is 4. The second-order valence-electron chi connectivity index (χ2n) is 8.79. The van der Waals surface area contributed by atoms with Gasteiger partial charge in [-0.25, -0.2) is 4.79 Å². The van der Waals surface area contributed by atoms with Crippen molar-refractivity contribution in [3.05, 3.63) is 96.1 Å². The first kappa shape index (κ1) is 25.5. The van der Waals surface area contributed by atoms with Crippen molar-refractivity contribution in [1.82, 2.24) is 5.32 Å². The molecule has 0 bridgehead atoms. The summed E-state index contributed by atoms with van der Waals surface area (Å²) >= 11 is 0. The van der Waals surface area contributed by atoms with E-state index in [-0.39, 0.29) is 5.92 Å². The zero-order chi connectivity index (χ0) is 25.4. The quantitative estimate of drug-likeness (QED) is 0.406. The van der Waals surface area contributed by atoms with Gasteiger partial charge in [0.1, 0.15) is 18.1 Å². The van der Waals surface area contributed by atoms with Crippen LogP contribution in [-0.2, 0) is 14.3 Å². The van der Waals surface area contributed by atoms with Crippen molar-refractivity contribution < 1.29 is 19.1 Å². The molecule has 5 N–H and O–H groups in total. The van der Waals surface area contributed by atoms with Crippen LogP contribution in [0, 0.1) is 5.92 Å². The highest BCUT2D eigenvalue weighted by atomic mass is 16.6. The Labute approximate surface area is 205 Å². The van der Waals surface area contributed by atoms with Gasteiger partial charge in [0.05, 0.1) is 0 Å². The van der Waals surface area contributed by atoms with Crippen LogP contribution in [0.25, 0.3) is 11.1 Å². The van der Waals surface area contributed by atoms with E-state index in [9.17, 15) is 14.4 Å². The summed E-state index contributed by atoms with van der Waals surface area (Å²) in [7, 11) is 0. The van der Waals surface area contributed by atoms with E-state index in [4.69, 9.17) is 16.2 Å². The van der Waals surface area contributed by atoms with E-state index in [1.807, 2.05) is 74.5 Å². The zero-order valence-corrected chi connectivity index (χ0v) is 19.9. The van der Waals surface area contributed by atoms with Crippen LogP contribution in [0.5, 0.6) is 0 Å². The van der Waals surface area contributed by atoms with E-state index in [0.29, 0.717) is 17.5 Å². The molecule has 0 aromatic heterocycles. The van der Waals surface area contributed by atoms with Gasteiger partial charge in [-0.2, -0.15) is 0 Å². The van der Waals surface area contributed by atoms with Crippen LogP contribution >= 0.6 is 0 Å². The van der Waals surface area contributed by atoms with Crippen LogP contribution in [0.1, 0.15) is 43.4 Å². The fraction of sp³-hybridized carbons (Fsp3) is 0.250. The van der Waals surface area contributed by atoms with Crippen LogP contribution in [0.3, 0.4) is 0 Å². The van der Waals surface area contributed by atoms with E-state index in [1.165, 1.54) is 0 Å². The number of carbonyl (C=O) groups excluding carboxylic acids is 3. The molecule has 0 radical (unpaired) electrons. The third-order valence-electron chi connectivity index (χ3n) is 5.70. The zero-order valence-electron chi connectivity index (χ0n) is 19.9. The van der Waals surface area contributed by atoms with E-state index in [0.717, 1.165) is 11.1 Å². The molecule has 0 spiro atoms. The smallest absolute Gasteiger partial charge is 0.405 e. The number of amides is 3. The number of rotatable bonds is 10. The van der Waals surface area contributed by atoms with Crippen LogP contribution in [0.2, 0.25) is 0 Å². The molecule has 3 aromatic carbocycles. The van der Waals surface area contributed by atoms with E-state index >= 15 is 0 Å². The SMILES string of the molecule is CC(C)CC(NC(=O)C(c1ccccc1-c1ccccc1)C(OC(N)=O)c1ccccc1)C(N)=O. The van der Waals surface area contributed by atoms with Crippen LogP contribution in [0.15, 0.2) is 84.9 Å². The lowest BCUT2D eigenvalue weighted by atomic mass is 9.83. The van der Waals surface area contributed by atoms with Gasteiger partial charge in [0, 0.05) is 0 Å². The summed E-state index contributed by atoms with van der Waals surface area (Å²) in [6, 6.07) is 25.0. The number of nitrogens with one attached hydrogen (secondary N) is 1. The third kappa shape index (κ3) is 6.69. The number of nitrogens with two attached hydrogens (primary N) is 2. The molecule has 0 saturated carbocycles. The van der Waals surface area contributed by atoms with Gasteiger partial charge in [0.15, 0.2) is 0 Å². The minimum atomic E-state index is -1.04. The molecule has 0 aliphatic rings. The lowest BCUT2D eigenvalue weighted by Gasteiger charge is -2.29. The molecule has 182 valence electrons. The average molecular weight is 474 g/mol. The first-order chi connectivity index (χ1) is 16.8. The van der Waals surface area contributed by atoms with Gasteiger partial charge in [-0.3, -0.25) is 9.59 Å². The standard InChI is InChI=1S/C28H31N3O4/c1-18(2)17-23(26(29)32)31-27(33)24(25(35-28(30)34)20-13-7-4-8-14-20)22-16-10-9-15-21(22)19-11-5-3-6-12-19/h3-16,18,23-25H,17H2,1-2H3,(H2,29,32)(H2,30,34)(H,31,33). The molecule has 0 aliphatic heterocycles. The highest BCUT2D eigenvalue weighted by Crippen LogP contribution is 2.39. The predicted octanol–water partition coefficient (Wildman–Crippen LogP) is 4.29. The molecule has 0 saturated heterocycles. The average Bonchev–Trinajstić information content (AvgIpc) is 2.84. The molecule has 7 heteroatoms. The minimum absolute atomic E-state index is 0.120. The second kappa shape index (κ2) is 11.8. The Hall–Kier alpha value is -4.13. The number of ether oxygens (including phenoxy) is 1. The number of hydrogen-bond donors (Lipinski definition) is 3. The van der Waals surface area contributed by atoms with Crippen LogP contribution in [0.4, 0.5) is 4.79 Å². The number of primary amides is 2. The van der Waals surface area contributed by atoms with Crippen molar-refractivity contribution in [2.24, 2.45) is 17.4 Å². The lowest BCUT2D eigenvalue weighted by Crippen LogP contribution is -2.48. The molecule has 3 atom stereocenters. The van der Waals surface area contributed by atoms with Gasteiger partial charge in [-0.15, -0.1) is 0 Å². The maximum atomic E-state index is 13.9. The maximum Gasteiger partial charge on any atom is 0.405 e. The molecule has 0 aliphatic carbocycles. The summed E-state index contributed by atoms with van der Waals surface area (Å²) in [6.07, 6.45) is -1.67. The highest BCUT2D eigenvalue weighted by Gasteiger charge is 2.37. The first-order valence-corrected chi connectivity index (χ1v) is 11.5. The first-order valence-electron chi connectivity index (χ1n) is 11.5. The van der Waals surface area contributed by atoms with Gasteiger partial charge in [-0.05, 0) is 34.6 Å². The van der Waals surface area contributed by atoms with Crippen molar-refractivity contribution in [3.8, 4) is 11.1 Å². The molecule has 0 heterocycles. The van der Waals surface area contributed by atoms with Crippen molar-refractivity contribution in [2.45, 2.75) is 38.3 Å². The fourth-order valence-corrected chi connectivity index (χ4v) is 4.17. The van der Waals surface area contributed by atoms with Gasteiger partial charge in [0.2, 0.25) is 11.8 Å². The Kier molecular flexibility index (Phi) is 8.62. The summed E-state index contributed by atoms with van der Waals surface area (Å²) in [5.74, 6) is -2.01. The summed E-state index contributed by atoms with van der Waals surface area (Å²) in [5.41, 5.74) is 13.9. The highest BCUT2D eigenvalue weighted by molar-refractivity contribution is 5.92. The Morgan fingerprint density at radius 2 is 1.40 bits per heavy atom. The van der Waals surface area contributed by atoms with E-state index in [2.05, 4.69) is 5.32 Å². The monoisotopic (exact) mass is 473 g/mol.